The van der Waals surface area contributed by atoms with Gasteiger partial charge in [-0.05, 0) is 56.2 Å². The Morgan fingerprint density at radius 1 is 1.00 bits per heavy atom. The minimum Gasteiger partial charge on any atom is -0.400 e. The molecule has 2 aliphatic heterocycles. The van der Waals surface area contributed by atoms with E-state index in [1.165, 1.54) is 0 Å². The Morgan fingerprint density at radius 2 is 1.61 bits per heavy atom. The zero-order valence-electron chi connectivity index (χ0n) is 16.2. The highest BCUT2D eigenvalue weighted by molar-refractivity contribution is 6.56. The van der Waals surface area contributed by atoms with E-state index in [-0.39, 0.29) is 6.61 Å². The number of hydrogen-bond acceptors (Lipinski definition) is 6. The van der Waals surface area contributed by atoms with E-state index in [9.17, 15) is 14.7 Å². The summed E-state index contributed by atoms with van der Waals surface area (Å²) in [5.74, 6) is -1.31. The maximum Gasteiger partial charge on any atom is 0.492 e. The first-order valence-electron chi connectivity index (χ1n) is 9.14. The molecule has 4 rings (SSSR count). The molecule has 0 bridgehead atoms. The number of hydrogen-bond donors (Lipinski definition) is 1. The van der Waals surface area contributed by atoms with Crippen LogP contribution < -0.4 is 0 Å². The average molecular weight is 380 g/mol. The van der Waals surface area contributed by atoms with Crippen molar-refractivity contribution in [1.82, 2.24) is 0 Å². The van der Waals surface area contributed by atoms with Crippen LogP contribution in [-0.4, -0.2) is 42.0 Å². The first kappa shape index (κ1) is 18.9. The first-order chi connectivity index (χ1) is 13.1. The van der Waals surface area contributed by atoms with Gasteiger partial charge in [-0.15, -0.1) is 0 Å². The second kappa shape index (κ2) is 6.27. The summed E-state index contributed by atoms with van der Waals surface area (Å²) in [7, 11) is -0.688. The fraction of sp³-hybridized carbons (Fsp3) is 0.333. The number of carbonyl (C=O) groups is 2. The van der Waals surface area contributed by atoms with Crippen molar-refractivity contribution >= 4 is 35.9 Å². The van der Waals surface area contributed by atoms with Gasteiger partial charge < -0.3 is 19.2 Å². The molecule has 0 aromatic heterocycles. The van der Waals surface area contributed by atoms with E-state index in [1.54, 1.807) is 30.3 Å². The monoisotopic (exact) mass is 380 g/mol. The number of esters is 2. The molecule has 0 spiro atoms. The van der Waals surface area contributed by atoms with Crippen molar-refractivity contribution < 1.29 is 28.7 Å². The van der Waals surface area contributed by atoms with Gasteiger partial charge >= 0.3 is 19.1 Å². The number of ether oxygens (including phenoxy) is 1. The van der Waals surface area contributed by atoms with Crippen molar-refractivity contribution in [2.24, 2.45) is 0 Å². The lowest BCUT2D eigenvalue weighted by Gasteiger charge is -2.32. The highest BCUT2D eigenvalue weighted by Crippen LogP contribution is 2.39. The van der Waals surface area contributed by atoms with Gasteiger partial charge in [-0.3, -0.25) is 0 Å². The van der Waals surface area contributed by atoms with E-state index < -0.39 is 30.3 Å². The van der Waals surface area contributed by atoms with E-state index in [0.29, 0.717) is 22.0 Å². The molecule has 1 saturated heterocycles. The van der Waals surface area contributed by atoms with Crippen LogP contribution in [0, 0.1) is 0 Å². The van der Waals surface area contributed by atoms with Gasteiger partial charge in [0.25, 0.3) is 0 Å². The van der Waals surface area contributed by atoms with Gasteiger partial charge in [0, 0.05) is 5.39 Å². The summed E-state index contributed by atoms with van der Waals surface area (Å²) in [6.45, 7) is 7.54. The summed E-state index contributed by atoms with van der Waals surface area (Å²) in [6, 6.07) is 8.60. The van der Waals surface area contributed by atoms with Crippen molar-refractivity contribution in [1.29, 1.82) is 0 Å². The average Bonchev–Trinajstić information content (AvgIpc) is 2.85. The Bertz CT molecular complexity index is 1000. The van der Waals surface area contributed by atoms with Gasteiger partial charge in [0.05, 0.1) is 28.9 Å². The lowest BCUT2D eigenvalue weighted by Crippen LogP contribution is -2.41. The molecule has 0 unspecified atom stereocenters. The number of aliphatic hydroxyl groups is 1. The fourth-order valence-corrected chi connectivity index (χ4v) is 3.47. The smallest absolute Gasteiger partial charge is 0.400 e. The van der Waals surface area contributed by atoms with E-state index >= 15 is 0 Å². The Balaban J connectivity index is 1.83. The van der Waals surface area contributed by atoms with E-state index in [1.807, 2.05) is 33.8 Å². The van der Waals surface area contributed by atoms with Gasteiger partial charge in [0.2, 0.25) is 0 Å². The number of cyclic esters (lactones) is 2. The highest BCUT2D eigenvalue weighted by Gasteiger charge is 2.52. The van der Waals surface area contributed by atoms with Gasteiger partial charge in [-0.2, -0.15) is 0 Å². The van der Waals surface area contributed by atoms with Crippen molar-refractivity contribution in [3.63, 3.8) is 0 Å². The molecule has 1 fully saturated rings. The third kappa shape index (κ3) is 2.78. The van der Waals surface area contributed by atoms with Gasteiger partial charge in [-0.25, -0.2) is 9.59 Å². The molecule has 0 saturated carbocycles. The maximum atomic E-state index is 12.1. The molecule has 7 heteroatoms. The Labute approximate surface area is 163 Å². The predicted octanol–water partition coefficient (Wildman–Crippen LogP) is 3.16. The molecular formula is C21H21BO6. The zero-order valence-corrected chi connectivity index (χ0v) is 16.2. The van der Waals surface area contributed by atoms with Crippen molar-refractivity contribution in [3.8, 4) is 0 Å². The molecule has 2 heterocycles. The number of carbonyl (C=O) groups excluding carboxylic acids is 2. The van der Waals surface area contributed by atoms with Gasteiger partial charge in [0.15, 0.2) is 0 Å². The maximum absolute atomic E-state index is 12.1. The number of aliphatic hydroxyl groups excluding tert-OH is 1. The van der Waals surface area contributed by atoms with Crippen molar-refractivity contribution in [3.05, 3.63) is 52.5 Å². The Kier molecular flexibility index (Phi) is 4.23. The minimum absolute atomic E-state index is 0.249. The minimum atomic E-state index is -0.688. The third-order valence-electron chi connectivity index (χ3n) is 5.78. The second-order valence-corrected chi connectivity index (χ2v) is 8.07. The summed E-state index contributed by atoms with van der Waals surface area (Å²) in [6.07, 6.45) is 1.79. The molecule has 6 nitrogen and oxygen atoms in total. The molecule has 144 valence electrons. The molecule has 2 aromatic carbocycles. The van der Waals surface area contributed by atoms with E-state index in [4.69, 9.17) is 14.0 Å². The molecule has 0 radical (unpaired) electrons. The summed E-state index contributed by atoms with van der Waals surface area (Å²) < 4.78 is 16.9. The molecular weight excluding hydrogens is 359 g/mol. The van der Waals surface area contributed by atoms with E-state index in [2.05, 4.69) is 0 Å². The standard InChI is InChI=1S/C21H21BO6/c1-20(2)21(3,4)28-22(27-20)13(11-23)10-12-8-9-16-17-14(12)6-5-7-15(17)18(24)26-19(16)25/h5-10,23H,11H2,1-4H3. The fourth-order valence-electron chi connectivity index (χ4n) is 3.47. The van der Waals surface area contributed by atoms with Crippen LogP contribution >= 0.6 is 0 Å². The molecule has 0 aliphatic carbocycles. The highest BCUT2D eigenvalue weighted by atomic mass is 16.7. The molecule has 2 aliphatic rings. The lowest BCUT2D eigenvalue weighted by molar-refractivity contribution is 0.00578. The SMILES string of the molecule is CC1(C)OB(C(=Cc2ccc3c4c(cccc24)C(=O)OC3=O)CO)OC1(C)C. The van der Waals surface area contributed by atoms with E-state index in [0.717, 1.165) is 10.9 Å². The van der Waals surface area contributed by atoms with Crippen molar-refractivity contribution in [2.75, 3.05) is 6.61 Å². The summed E-state index contributed by atoms with van der Waals surface area (Å²) >= 11 is 0. The van der Waals surface area contributed by atoms with Crippen LogP contribution in [-0.2, 0) is 14.0 Å². The zero-order chi connectivity index (χ0) is 20.3. The van der Waals surface area contributed by atoms with Crippen molar-refractivity contribution in [2.45, 2.75) is 38.9 Å². The molecule has 0 atom stereocenters. The third-order valence-corrected chi connectivity index (χ3v) is 5.78. The van der Waals surface area contributed by atoms with Crippen LogP contribution in [0.5, 0.6) is 0 Å². The van der Waals surface area contributed by atoms with Crippen LogP contribution in [0.15, 0.2) is 35.8 Å². The van der Waals surface area contributed by atoms with Crippen LogP contribution in [0.2, 0.25) is 0 Å². The van der Waals surface area contributed by atoms with Crippen LogP contribution in [0.25, 0.3) is 16.8 Å². The molecule has 28 heavy (non-hydrogen) atoms. The summed E-state index contributed by atoms with van der Waals surface area (Å²) in [5, 5.41) is 11.2. The topological polar surface area (TPSA) is 82.1 Å². The van der Waals surface area contributed by atoms with Crippen LogP contribution in [0.1, 0.15) is 54.0 Å². The Hall–Kier alpha value is -2.48. The predicted molar refractivity (Wildman–Crippen MR) is 105 cm³/mol. The summed E-state index contributed by atoms with van der Waals surface area (Å²) in [4.78, 5) is 24.2. The largest absolute Gasteiger partial charge is 0.492 e. The lowest BCUT2D eigenvalue weighted by atomic mass is 9.77. The number of rotatable bonds is 3. The normalized spacial score (nSPS) is 20.6. The second-order valence-electron chi connectivity index (χ2n) is 8.07. The van der Waals surface area contributed by atoms with Crippen LogP contribution in [0.3, 0.4) is 0 Å². The first-order valence-corrected chi connectivity index (χ1v) is 9.14. The quantitative estimate of drug-likeness (QED) is 0.501. The van der Waals surface area contributed by atoms with Gasteiger partial charge in [-0.1, -0.05) is 24.3 Å². The molecule has 2 aromatic rings. The van der Waals surface area contributed by atoms with Crippen LogP contribution in [0.4, 0.5) is 0 Å². The Morgan fingerprint density at radius 3 is 2.21 bits per heavy atom. The molecule has 1 N–H and O–H groups in total. The summed E-state index contributed by atoms with van der Waals surface area (Å²) in [5.41, 5.74) is 0.961. The number of benzene rings is 2. The van der Waals surface area contributed by atoms with Gasteiger partial charge in [0.1, 0.15) is 0 Å². The molecule has 0 amide bonds.